The molecule has 0 heterocycles. The third kappa shape index (κ3) is 5.92. The topological polar surface area (TPSA) is 84.9 Å². The van der Waals surface area contributed by atoms with E-state index in [1.165, 1.54) is 18.5 Å². The molecule has 0 aliphatic carbocycles. The normalized spacial score (nSPS) is 11.0. The zero-order valence-electron chi connectivity index (χ0n) is 14.7. The molecule has 1 aromatic rings. The summed E-state index contributed by atoms with van der Waals surface area (Å²) in [7, 11) is -0.569. The number of nitrogens with one attached hydrogen (secondary N) is 1. The molecule has 0 saturated heterocycles. The molecule has 7 nitrogen and oxygen atoms in total. The lowest BCUT2D eigenvalue weighted by Gasteiger charge is -2.24. The number of carbonyl (C=O) groups is 1. The molecule has 0 aliphatic rings. The van der Waals surface area contributed by atoms with E-state index >= 15 is 0 Å². The van der Waals surface area contributed by atoms with E-state index < -0.39 is 10.0 Å². The maximum Gasteiger partial charge on any atom is 0.232 e. The lowest BCUT2D eigenvalue weighted by atomic mass is 10.2. The van der Waals surface area contributed by atoms with Crippen molar-refractivity contribution in [1.82, 2.24) is 5.32 Å². The van der Waals surface area contributed by atoms with Crippen LogP contribution in [-0.2, 0) is 14.8 Å². The van der Waals surface area contributed by atoms with Crippen LogP contribution in [-0.4, -0.2) is 47.9 Å². The van der Waals surface area contributed by atoms with Crippen LogP contribution in [0.1, 0.15) is 26.2 Å². The summed E-state index contributed by atoms with van der Waals surface area (Å²) in [5.74, 6) is 0.855. The van der Waals surface area contributed by atoms with E-state index in [1.54, 1.807) is 18.2 Å². The van der Waals surface area contributed by atoms with Crippen molar-refractivity contribution >= 4 is 21.6 Å². The van der Waals surface area contributed by atoms with E-state index in [1.807, 2.05) is 6.92 Å². The van der Waals surface area contributed by atoms with Gasteiger partial charge in [0.25, 0.3) is 0 Å². The Kier molecular flexibility index (Phi) is 7.84. The van der Waals surface area contributed by atoms with E-state index in [0.717, 1.165) is 19.1 Å². The van der Waals surface area contributed by atoms with Crippen molar-refractivity contribution in [3.05, 3.63) is 18.2 Å². The molecule has 1 aromatic carbocycles. The fourth-order valence-electron chi connectivity index (χ4n) is 2.18. The first kappa shape index (κ1) is 20.1. The Hall–Kier alpha value is -1.96. The van der Waals surface area contributed by atoms with Crippen LogP contribution in [0.4, 0.5) is 5.69 Å². The summed E-state index contributed by atoms with van der Waals surface area (Å²) in [6, 6.07) is 4.93. The molecule has 1 rings (SSSR count). The van der Waals surface area contributed by atoms with Gasteiger partial charge in [0.15, 0.2) is 0 Å². The predicted molar refractivity (Wildman–Crippen MR) is 94.3 cm³/mol. The number of ether oxygens (including phenoxy) is 2. The lowest BCUT2D eigenvalue weighted by Crippen LogP contribution is -2.38. The SMILES string of the molecule is CCCCC(=O)NCCN(c1cc(OC)ccc1OC)S(C)(=O)=O. The van der Waals surface area contributed by atoms with Gasteiger partial charge in [0, 0.05) is 19.0 Å². The minimum atomic E-state index is -3.54. The number of hydrogen-bond acceptors (Lipinski definition) is 5. The van der Waals surface area contributed by atoms with E-state index in [4.69, 9.17) is 9.47 Å². The van der Waals surface area contributed by atoms with Crippen molar-refractivity contribution in [2.24, 2.45) is 0 Å². The highest BCUT2D eigenvalue weighted by molar-refractivity contribution is 7.92. The van der Waals surface area contributed by atoms with E-state index in [0.29, 0.717) is 23.6 Å². The van der Waals surface area contributed by atoms with Gasteiger partial charge in [-0.15, -0.1) is 0 Å². The standard InChI is InChI=1S/C16H26N2O5S/c1-5-6-7-16(19)17-10-11-18(24(4,20)21)14-12-13(22-2)8-9-15(14)23-3/h8-9,12H,5-7,10-11H2,1-4H3,(H,17,19). The Balaban J connectivity index is 2.93. The predicted octanol–water partition coefficient (Wildman–Crippen LogP) is 1.78. The van der Waals surface area contributed by atoms with E-state index in [-0.39, 0.29) is 19.0 Å². The van der Waals surface area contributed by atoms with Crippen LogP contribution in [0.5, 0.6) is 11.5 Å². The first-order valence-corrected chi connectivity index (χ1v) is 9.64. The third-order valence-electron chi connectivity index (χ3n) is 3.45. The quantitative estimate of drug-likeness (QED) is 0.689. The smallest absolute Gasteiger partial charge is 0.232 e. The van der Waals surface area contributed by atoms with Gasteiger partial charge < -0.3 is 14.8 Å². The minimum absolute atomic E-state index is 0.0806. The highest BCUT2D eigenvalue weighted by Crippen LogP contribution is 2.33. The largest absolute Gasteiger partial charge is 0.497 e. The zero-order chi connectivity index (χ0) is 18.2. The Bertz CT molecular complexity index is 646. The molecule has 0 unspecified atom stereocenters. The van der Waals surface area contributed by atoms with Crippen LogP contribution in [0.2, 0.25) is 0 Å². The molecule has 8 heteroatoms. The van der Waals surface area contributed by atoms with E-state index in [9.17, 15) is 13.2 Å². The van der Waals surface area contributed by atoms with Crippen LogP contribution in [0, 0.1) is 0 Å². The summed E-state index contributed by atoms with van der Waals surface area (Å²) in [4.78, 5) is 11.7. The number of hydrogen-bond donors (Lipinski definition) is 1. The summed E-state index contributed by atoms with van der Waals surface area (Å²) in [6.45, 7) is 2.34. The number of unbranched alkanes of at least 4 members (excludes halogenated alkanes) is 1. The molecular weight excluding hydrogens is 332 g/mol. The number of carbonyl (C=O) groups excluding carboxylic acids is 1. The summed E-state index contributed by atoms with van der Waals surface area (Å²) < 4.78 is 35.9. The summed E-state index contributed by atoms with van der Waals surface area (Å²) in [5, 5.41) is 2.74. The summed E-state index contributed by atoms with van der Waals surface area (Å²) >= 11 is 0. The Morgan fingerprint density at radius 3 is 2.50 bits per heavy atom. The number of nitrogens with zero attached hydrogens (tertiary/aromatic N) is 1. The molecule has 0 aliphatic heterocycles. The lowest BCUT2D eigenvalue weighted by molar-refractivity contribution is -0.121. The van der Waals surface area contributed by atoms with Gasteiger partial charge in [-0.05, 0) is 18.6 Å². The van der Waals surface area contributed by atoms with Crippen molar-refractivity contribution in [2.45, 2.75) is 26.2 Å². The minimum Gasteiger partial charge on any atom is -0.497 e. The Labute approximate surface area is 144 Å². The number of amides is 1. The van der Waals surface area contributed by atoms with Gasteiger partial charge in [-0.1, -0.05) is 13.3 Å². The zero-order valence-corrected chi connectivity index (χ0v) is 15.5. The van der Waals surface area contributed by atoms with Crippen molar-refractivity contribution in [3.63, 3.8) is 0 Å². The Morgan fingerprint density at radius 1 is 1.25 bits per heavy atom. The molecule has 0 atom stereocenters. The second-order valence-electron chi connectivity index (χ2n) is 5.33. The van der Waals surface area contributed by atoms with Crippen LogP contribution in [0.25, 0.3) is 0 Å². The highest BCUT2D eigenvalue weighted by Gasteiger charge is 2.21. The summed E-state index contributed by atoms with van der Waals surface area (Å²) in [6.07, 6.45) is 3.30. The molecule has 0 saturated carbocycles. The van der Waals surface area contributed by atoms with Crippen molar-refractivity contribution in [3.8, 4) is 11.5 Å². The van der Waals surface area contributed by atoms with Crippen molar-refractivity contribution < 1.29 is 22.7 Å². The molecule has 0 radical (unpaired) electrons. The summed E-state index contributed by atoms with van der Waals surface area (Å²) in [5.41, 5.74) is 0.377. The van der Waals surface area contributed by atoms with Crippen LogP contribution >= 0.6 is 0 Å². The van der Waals surface area contributed by atoms with Gasteiger partial charge in [0.1, 0.15) is 11.5 Å². The Morgan fingerprint density at radius 2 is 1.96 bits per heavy atom. The number of sulfonamides is 1. The number of benzene rings is 1. The van der Waals surface area contributed by atoms with Crippen LogP contribution < -0.4 is 19.1 Å². The molecular formula is C16H26N2O5S. The first-order chi connectivity index (χ1) is 11.3. The second kappa shape index (κ2) is 9.36. The van der Waals surface area contributed by atoms with Gasteiger partial charge in [-0.2, -0.15) is 0 Å². The van der Waals surface area contributed by atoms with Gasteiger partial charge in [-0.3, -0.25) is 9.10 Å². The van der Waals surface area contributed by atoms with E-state index in [2.05, 4.69) is 5.32 Å². The molecule has 0 aromatic heterocycles. The fraction of sp³-hybridized carbons (Fsp3) is 0.562. The second-order valence-corrected chi connectivity index (χ2v) is 7.23. The van der Waals surface area contributed by atoms with Gasteiger partial charge >= 0.3 is 0 Å². The van der Waals surface area contributed by atoms with Crippen molar-refractivity contribution in [1.29, 1.82) is 0 Å². The molecule has 136 valence electrons. The molecule has 24 heavy (non-hydrogen) atoms. The molecule has 0 bridgehead atoms. The highest BCUT2D eigenvalue weighted by atomic mass is 32.2. The number of methoxy groups -OCH3 is 2. The van der Waals surface area contributed by atoms with Crippen LogP contribution in [0.3, 0.4) is 0 Å². The van der Waals surface area contributed by atoms with Crippen LogP contribution in [0.15, 0.2) is 18.2 Å². The van der Waals surface area contributed by atoms with Gasteiger partial charge in [-0.25, -0.2) is 8.42 Å². The maximum absolute atomic E-state index is 12.2. The maximum atomic E-state index is 12.2. The monoisotopic (exact) mass is 358 g/mol. The van der Waals surface area contributed by atoms with Crippen molar-refractivity contribution in [2.75, 3.05) is 37.9 Å². The molecule has 1 amide bonds. The van der Waals surface area contributed by atoms with Gasteiger partial charge in [0.2, 0.25) is 15.9 Å². The molecule has 0 spiro atoms. The average molecular weight is 358 g/mol. The molecule has 1 N–H and O–H groups in total. The number of anilines is 1. The number of rotatable bonds is 10. The van der Waals surface area contributed by atoms with Gasteiger partial charge in [0.05, 0.1) is 32.7 Å². The average Bonchev–Trinajstić information content (AvgIpc) is 2.55. The fourth-order valence-corrected chi connectivity index (χ4v) is 3.10. The first-order valence-electron chi connectivity index (χ1n) is 7.80. The molecule has 0 fully saturated rings. The third-order valence-corrected chi connectivity index (χ3v) is 4.63.